The van der Waals surface area contributed by atoms with Crippen LogP contribution in [0.2, 0.25) is 0 Å². The maximum atomic E-state index is 11.6. The van der Waals surface area contributed by atoms with E-state index >= 15 is 0 Å². The molecule has 0 bridgehead atoms. The molecule has 1 fully saturated rings. The van der Waals surface area contributed by atoms with Gasteiger partial charge in [-0.3, -0.25) is 0 Å². The quantitative estimate of drug-likeness (QED) is 0.830. The van der Waals surface area contributed by atoms with Crippen molar-refractivity contribution in [3.05, 3.63) is 35.9 Å². The third-order valence-electron chi connectivity index (χ3n) is 3.07. The van der Waals surface area contributed by atoms with Crippen molar-refractivity contribution in [2.24, 2.45) is 0 Å². The van der Waals surface area contributed by atoms with E-state index < -0.39 is 10.0 Å². The van der Waals surface area contributed by atoms with Gasteiger partial charge in [0.25, 0.3) is 0 Å². The molecule has 4 nitrogen and oxygen atoms in total. The number of rotatable bonds is 3. The van der Waals surface area contributed by atoms with Crippen LogP contribution in [0.25, 0.3) is 0 Å². The van der Waals surface area contributed by atoms with E-state index in [1.165, 1.54) is 16.1 Å². The predicted octanol–water partition coefficient (Wildman–Crippen LogP) is 1.28. The lowest BCUT2D eigenvalue weighted by Crippen LogP contribution is -2.49. The summed E-state index contributed by atoms with van der Waals surface area (Å²) in [5.41, 5.74) is 1.17. The van der Waals surface area contributed by atoms with Gasteiger partial charge in [0.2, 0.25) is 10.0 Å². The average Bonchev–Trinajstić information content (AvgIpc) is 2.28. The first-order valence-electron chi connectivity index (χ1n) is 6.09. The SMILES string of the molecule is CC1CN(S(C)(=O)=O)CC(Cc2ccccc2)O1. The molecule has 0 radical (unpaired) electrons. The van der Waals surface area contributed by atoms with Crippen LogP contribution >= 0.6 is 0 Å². The lowest BCUT2D eigenvalue weighted by Gasteiger charge is -2.35. The second kappa shape index (κ2) is 5.38. The lowest BCUT2D eigenvalue weighted by molar-refractivity contribution is -0.0527. The van der Waals surface area contributed by atoms with Crippen molar-refractivity contribution in [1.29, 1.82) is 0 Å². The molecule has 100 valence electrons. The molecular weight excluding hydrogens is 250 g/mol. The van der Waals surface area contributed by atoms with Gasteiger partial charge in [0.05, 0.1) is 18.5 Å². The molecule has 0 N–H and O–H groups in total. The lowest BCUT2D eigenvalue weighted by atomic mass is 10.1. The molecule has 1 aromatic rings. The minimum absolute atomic E-state index is 0.0535. The molecule has 1 heterocycles. The summed E-state index contributed by atoms with van der Waals surface area (Å²) in [4.78, 5) is 0. The van der Waals surface area contributed by atoms with E-state index in [2.05, 4.69) is 0 Å². The monoisotopic (exact) mass is 269 g/mol. The number of morpholine rings is 1. The Hall–Kier alpha value is -0.910. The Morgan fingerprint density at radius 2 is 1.94 bits per heavy atom. The maximum absolute atomic E-state index is 11.6. The molecule has 1 aliphatic heterocycles. The van der Waals surface area contributed by atoms with Crippen LogP contribution in [0.3, 0.4) is 0 Å². The van der Waals surface area contributed by atoms with Crippen molar-refractivity contribution >= 4 is 10.0 Å². The highest BCUT2D eigenvalue weighted by molar-refractivity contribution is 7.88. The molecular formula is C13H19NO3S. The normalized spacial score (nSPS) is 26.1. The van der Waals surface area contributed by atoms with Crippen molar-refractivity contribution in [3.8, 4) is 0 Å². The molecule has 1 aliphatic rings. The van der Waals surface area contributed by atoms with Gasteiger partial charge in [-0.1, -0.05) is 30.3 Å². The summed E-state index contributed by atoms with van der Waals surface area (Å²) < 4.78 is 30.5. The van der Waals surface area contributed by atoms with E-state index in [4.69, 9.17) is 4.74 Å². The molecule has 0 amide bonds. The molecule has 0 aromatic heterocycles. The van der Waals surface area contributed by atoms with Gasteiger partial charge in [-0.15, -0.1) is 0 Å². The predicted molar refractivity (Wildman–Crippen MR) is 70.9 cm³/mol. The minimum Gasteiger partial charge on any atom is -0.372 e. The van der Waals surface area contributed by atoms with Crippen LogP contribution in [0, 0.1) is 0 Å². The van der Waals surface area contributed by atoms with Gasteiger partial charge in [-0.05, 0) is 18.9 Å². The van der Waals surface area contributed by atoms with Crippen molar-refractivity contribution < 1.29 is 13.2 Å². The molecule has 0 saturated carbocycles. The summed E-state index contributed by atoms with van der Waals surface area (Å²) in [7, 11) is -3.13. The number of benzene rings is 1. The highest BCUT2D eigenvalue weighted by Gasteiger charge is 2.30. The van der Waals surface area contributed by atoms with Gasteiger partial charge in [-0.25, -0.2) is 8.42 Å². The average molecular weight is 269 g/mol. The molecule has 2 unspecified atom stereocenters. The van der Waals surface area contributed by atoms with E-state index in [0.717, 1.165) is 6.42 Å². The summed E-state index contributed by atoms with van der Waals surface area (Å²) >= 11 is 0. The number of ether oxygens (including phenoxy) is 1. The third-order valence-corrected chi connectivity index (χ3v) is 4.30. The van der Waals surface area contributed by atoms with Crippen molar-refractivity contribution in [3.63, 3.8) is 0 Å². The summed E-state index contributed by atoms with van der Waals surface area (Å²) in [6.45, 7) is 2.80. The summed E-state index contributed by atoms with van der Waals surface area (Å²) in [6.07, 6.45) is 1.88. The number of sulfonamides is 1. The molecule has 5 heteroatoms. The van der Waals surface area contributed by atoms with Gasteiger partial charge in [0, 0.05) is 13.1 Å². The molecule has 2 rings (SSSR count). The molecule has 2 atom stereocenters. The number of hydrogen-bond acceptors (Lipinski definition) is 3. The van der Waals surface area contributed by atoms with Gasteiger partial charge in [-0.2, -0.15) is 4.31 Å². The van der Waals surface area contributed by atoms with Crippen LogP contribution in [0.4, 0.5) is 0 Å². The Labute approximate surface area is 109 Å². The first-order valence-corrected chi connectivity index (χ1v) is 7.94. The van der Waals surface area contributed by atoms with E-state index in [0.29, 0.717) is 13.1 Å². The second-order valence-corrected chi connectivity index (χ2v) is 6.82. The van der Waals surface area contributed by atoms with Crippen molar-refractivity contribution in [2.45, 2.75) is 25.6 Å². The van der Waals surface area contributed by atoms with Gasteiger partial charge in [0.1, 0.15) is 0 Å². The Balaban J connectivity index is 2.05. The maximum Gasteiger partial charge on any atom is 0.211 e. The van der Waals surface area contributed by atoms with Crippen LogP contribution in [-0.2, 0) is 21.2 Å². The van der Waals surface area contributed by atoms with Crippen LogP contribution in [0.1, 0.15) is 12.5 Å². The summed E-state index contributed by atoms with van der Waals surface area (Å²) in [5, 5.41) is 0. The fraction of sp³-hybridized carbons (Fsp3) is 0.538. The first-order chi connectivity index (χ1) is 8.45. The fourth-order valence-corrected chi connectivity index (χ4v) is 3.18. The molecule has 1 aromatic carbocycles. The zero-order valence-corrected chi connectivity index (χ0v) is 11.6. The van der Waals surface area contributed by atoms with Gasteiger partial charge >= 0.3 is 0 Å². The van der Waals surface area contributed by atoms with Crippen LogP contribution in [-0.4, -0.2) is 44.3 Å². The molecule has 1 saturated heterocycles. The summed E-state index contributed by atoms with van der Waals surface area (Å²) in [6, 6.07) is 10.0. The Morgan fingerprint density at radius 1 is 1.28 bits per heavy atom. The van der Waals surface area contributed by atoms with E-state index in [9.17, 15) is 8.42 Å². The highest BCUT2D eigenvalue weighted by Crippen LogP contribution is 2.17. The zero-order valence-electron chi connectivity index (χ0n) is 10.7. The zero-order chi connectivity index (χ0) is 13.2. The van der Waals surface area contributed by atoms with Crippen LogP contribution in [0.15, 0.2) is 30.3 Å². The molecule has 18 heavy (non-hydrogen) atoms. The largest absolute Gasteiger partial charge is 0.372 e. The highest BCUT2D eigenvalue weighted by atomic mass is 32.2. The smallest absolute Gasteiger partial charge is 0.211 e. The Morgan fingerprint density at radius 3 is 2.56 bits per heavy atom. The van der Waals surface area contributed by atoms with E-state index in [1.807, 2.05) is 37.3 Å². The number of hydrogen-bond donors (Lipinski definition) is 0. The van der Waals surface area contributed by atoms with Gasteiger partial charge < -0.3 is 4.74 Å². The van der Waals surface area contributed by atoms with Crippen molar-refractivity contribution in [1.82, 2.24) is 4.31 Å². The Kier molecular flexibility index (Phi) is 4.04. The molecule has 0 spiro atoms. The van der Waals surface area contributed by atoms with Crippen molar-refractivity contribution in [2.75, 3.05) is 19.3 Å². The Bertz CT molecular complexity index is 486. The molecule has 0 aliphatic carbocycles. The van der Waals surface area contributed by atoms with E-state index in [-0.39, 0.29) is 12.2 Å². The van der Waals surface area contributed by atoms with Crippen LogP contribution in [0.5, 0.6) is 0 Å². The minimum atomic E-state index is -3.13. The summed E-state index contributed by atoms with van der Waals surface area (Å²) in [5.74, 6) is 0. The third kappa shape index (κ3) is 3.54. The second-order valence-electron chi connectivity index (χ2n) is 4.84. The topological polar surface area (TPSA) is 46.6 Å². The standard InChI is InChI=1S/C13H19NO3S/c1-11-9-14(18(2,15)16)10-13(17-11)8-12-6-4-3-5-7-12/h3-7,11,13H,8-10H2,1-2H3. The van der Waals surface area contributed by atoms with E-state index in [1.54, 1.807) is 0 Å². The first kappa shape index (κ1) is 13.5. The van der Waals surface area contributed by atoms with Crippen LogP contribution < -0.4 is 0 Å². The van der Waals surface area contributed by atoms with Gasteiger partial charge in [0.15, 0.2) is 0 Å². The fourth-order valence-electron chi connectivity index (χ4n) is 2.26. The number of nitrogens with zero attached hydrogens (tertiary/aromatic N) is 1.